The average Bonchev–Trinajstić information content (AvgIpc) is 2.08. The molecular formula is C7H5Cl2NO4. The van der Waals surface area contributed by atoms with E-state index in [1.807, 2.05) is 0 Å². The highest BCUT2D eigenvalue weighted by molar-refractivity contribution is 6.41. The molecule has 2 N–H and O–H groups in total. The summed E-state index contributed by atoms with van der Waals surface area (Å²) in [5.41, 5.74) is -0.510. The first-order chi connectivity index (χ1) is 6.40. The van der Waals surface area contributed by atoms with Crippen LogP contribution in [0.25, 0.3) is 0 Å². The molecule has 1 aliphatic heterocycles. The predicted octanol–water partition coefficient (Wildman–Crippen LogP) is 1.00. The number of nitrogens with zero attached hydrogens (tertiary/aromatic N) is 1. The molecule has 5 nitrogen and oxygen atoms in total. The lowest BCUT2D eigenvalue weighted by atomic mass is 10.0. The molecule has 0 amide bonds. The molecule has 1 aliphatic rings. The van der Waals surface area contributed by atoms with Gasteiger partial charge in [0.05, 0.1) is 5.57 Å². The van der Waals surface area contributed by atoms with Crippen LogP contribution in [0.2, 0.25) is 0 Å². The highest BCUT2D eigenvalue weighted by Crippen LogP contribution is 2.35. The van der Waals surface area contributed by atoms with Crippen molar-refractivity contribution >= 4 is 35.3 Å². The molecule has 1 atom stereocenters. The summed E-state index contributed by atoms with van der Waals surface area (Å²) in [6, 6.07) is 0. The van der Waals surface area contributed by atoms with Gasteiger partial charge < -0.3 is 10.2 Å². The third-order valence-electron chi connectivity index (χ3n) is 1.64. The minimum absolute atomic E-state index is 0.510. The zero-order valence-electron chi connectivity index (χ0n) is 6.65. The maximum Gasteiger partial charge on any atom is 0.351 e. The first-order valence-electron chi connectivity index (χ1n) is 3.40. The topological polar surface area (TPSA) is 77.8 Å². The fourth-order valence-electron chi connectivity index (χ4n) is 0.963. The fraction of sp³-hybridized carbons (Fsp3) is 0.143. The first kappa shape index (κ1) is 10.9. The summed E-state index contributed by atoms with van der Waals surface area (Å²) in [5, 5.41) is 17.5. The summed E-state index contributed by atoms with van der Waals surface area (Å²) in [4.78, 5) is 19.2. The van der Waals surface area contributed by atoms with Crippen molar-refractivity contribution in [2.24, 2.45) is 0 Å². The lowest BCUT2D eigenvalue weighted by Crippen LogP contribution is -2.48. The van der Waals surface area contributed by atoms with Crippen molar-refractivity contribution < 1.29 is 19.8 Å². The van der Waals surface area contributed by atoms with Crippen LogP contribution < -0.4 is 0 Å². The van der Waals surface area contributed by atoms with Gasteiger partial charge in [0.25, 0.3) is 5.00 Å². The summed E-state index contributed by atoms with van der Waals surface area (Å²) in [5.74, 6) is -2.98. The Kier molecular flexibility index (Phi) is 2.73. The molecule has 0 saturated carbocycles. The molecule has 7 heteroatoms. The SMILES string of the molecule is O=C(O)C1=CC=CN(Cl)C1(Cl)C(=O)O. The van der Waals surface area contributed by atoms with Crippen molar-refractivity contribution in [3.63, 3.8) is 0 Å². The molecule has 76 valence electrons. The Labute approximate surface area is 88.9 Å². The quantitative estimate of drug-likeness (QED) is 0.426. The third kappa shape index (κ3) is 1.44. The Morgan fingerprint density at radius 3 is 2.36 bits per heavy atom. The standard InChI is InChI=1S/C7H5Cl2NO4/c8-7(6(13)14)4(5(11)12)2-1-3-10(7)9/h1-3H,(H,11,12)(H,13,14). The van der Waals surface area contributed by atoms with Gasteiger partial charge in [-0.2, -0.15) is 0 Å². The van der Waals surface area contributed by atoms with Gasteiger partial charge in [-0.15, -0.1) is 0 Å². The third-order valence-corrected chi connectivity index (χ3v) is 2.65. The molecule has 1 rings (SSSR count). The smallest absolute Gasteiger partial charge is 0.351 e. The first-order valence-corrected chi connectivity index (χ1v) is 4.12. The van der Waals surface area contributed by atoms with E-state index in [-0.39, 0.29) is 0 Å². The second-order valence-corrected chi connectivity index (χ2v) is 3.38. The van der Waals surface area contributed by atoms with Crippen LogP contribution in [0.5, 0.6) is 0 Å². The number of alkyl halides is 1. The number of rotatable bonds is 2. The summed E-state index contributed by atoms with van der Waals surface area (Å²) in [6.45, 7) is 0. The molecule has 0 fully saturated rings. The molecule has 0 aliphatic carbocycles. The van der Waals surface area contributed by atoms with Crippen LogP contribution in [-0.2, 0) is 9.59 Å². The van der Waals surface area contributed by atoms with E-state index < -0.39 is 22.5 Å². The Bertz CT molecular complexity index is 352. The number of hydrogen-bond donors (Lipinski definition) is 2. The van der Waals surface area contributed by atoms with Crippen LogP contribution >= 0.6 is 23.4 Å². The number of hydrogen-bond acceptors (Lipinski definition) is 3. The van der Waals surface area contributed by atoms with Crippen LogP contribution in [0.1, 0.15) is 0 Å². The number of carboxylic acid groups (broad SMARTS) is 2. The fourth-order valence-corrected chi connectivity index (χ4v) is 1.39. The van der Waals surface area contributed by atoms with Gasteiger partial charge in [-0.25, -0.2) is 9.59 Å². The molecule has 1 heterocycles. The Morgan fingerprint density at radius 1 is 1.43 bits per heavy atom. The van der Waals surface area contributed by atoms with E-state index in [0.717, 1.165) is 12.3 Å². The van der Waals surface area contributed by atoms with Crippen LogP contribution in [0.3, 0.4) is 0 Å². The number of aliphatic carboxylic acids is 2. The zero-order valence-corrected chi connectivity index (χ0v) is 8.16. The summed E-state index contributed by atoms with van der Waals surface area (Å²) in [6.07, 6.45) is 3.54. The number of carboxylic acids is 2. The minimum Gasteiger partial charge on any atom is -0.478 e. The highest BCUT2D eigenvalue weighted by atomic mass is 35.5. The predicted molar refractivity (Wildman–Crippen MR) is 48.8 cm³/mol. The Morgan fingerprint density at radius 2 is 2.00 bits per heavy atom. The minimum atomic E-state index is -2.26. The van der Waals surface area contributed by atoms with Gasteiger partial charge in [-0.1, -0.05) is 11.6 Å². The molecule has 0 aromatic rings. The van der Waals surface area contributed by atoms with E-state index >= 15 is 0 Å². The second-order valence-electron chi connectivity index (χ2n) is 2.47. The van der Waals surface area contributed by atoms with Crippen LogP contribution in [0.4, 0.5) is 0 Å². The molecular weight excluding hydrogens is 233 g/mol. The normalized spacial score (nSPS) is 25.9. The van der Waals surface area contributed by atoms with E-state index in [1.165, 1.54) is 6.08 Å². The van der Waals surface area contributed by atoms with Crippen molar-refractivity contribution in [3.05, 3.63) is 23.9 Å². The van der Waals surface area contributed by atoms with Gasteiger partial charge in [0.15, 0.2) is 0 Å². The van der Waals surface area contributed by atoms with Gasteiger partial charge in [0.2, 0.25) is 0 Å². The van der Waals surface area contributed by atoms with E-state index in [2.05, 4.69) is 0 Å². The largest absolute Gasteiger partial charge is 0.478 e. The van der Waals surface area contributed by atoms with Crippen molar-refractivity contribution in [1.82, 2.24) is 4.42 Å². The van der Waals surface area contributed by atoms with E-state index in [9.17, 15) is 9.59 Å². The summed E-state index contributed by atoms with van der Waals surface area (Å²) in [7, 11) is 0. The lowest BCUT2D eigenvalue weighted by molar-refractivity contribution is -0.144. The second kappa shape index (κ2) is 3.51. The number of carbonyl (C=O) groups is 2. The molecule has 0 aromatic heterocycles. The van der Waals surface area contributed by atoms with Gasteiger partial charge in [-0.3, -0.25) is 4.42 Å². The summed E-state index contributed by atoms with van der Waals surface area (Å²) >= 11 is 11.1. The van der Waals surface area contributed by atoms with Gasteiger partial charge in [-0.05, 0) is 12.2 Å². The van der Waals surface area contributed by atoms with Crippen LogP contribution in [-0.4, -0.2) is 31.6 Å². The highest BCUT2D eigenvalue weighted by Gasteiger charge is 2.49. The van der Waals surface area contributed by atoms with E-state index in [0.29, 0.717) is 4.42 Å². The number of allylic oxidation sites excluding steroid dienone is 2. The Hall–Kier alpha value is -1.20. The maximum atomic E-state index is 10.8. The molecule has 1 unspecified atom stereocenters. The molecule has 0 saturated heterocycles. The van der Waals surface area contributed by atoms with E-state index in [1.54, 1.807) is 0 Å². The van der Waals surface area contributed by atoms with Crippen molar-refractivity contribution in [2.45, 2.75) is 5.00 Å². The average molecular weight is 238 g/mol. The lowest BCUT2D eigenvalue weighted by Gasteiger charge is -2.31. The van der Waals surface area contributed by atoms with Gasteiger partial charge in [0, 0.05) is 18.0 Å². The summed E-state index contributed by atoms with van der Waals surface area (Å²) < 4.78 is 0.598. The molecule has 0 aromatic carbocycles. The van der Waals surface area contributed by atoms with Crippen LogP contribution in [0.15, 0.2) is 23.9 Å². The van der Waals surface area contributed by atoms with Gasteiger partial charge >= 0.3 is 11.9 Å². The Balaban J connectivity index is 3.25. The van der Waals surface area contributed by atoms with Crippen molar-refractivity contribution in [3.8, 4) is 0 Å². The molecule has 0 spiro atoms. The molecule has 0 bridgehead atoms. The number of halogens is 2. The van der Waals surface area contributed by atoms with Gasteiger partial charge in [0.1, 0.15) is 0 Å². The van der Waals surface area contributed by atoms with Crippen molar-refractivity contribution in [1.29, 1.82) is 0 Å². The monoisotopic (exact) mass is 237 g/mol. The molecule has 0 radical (unpaired) electrons. The van der Waals surface area contributed by atoms with E-state index in [4.69, 9.17) is 33.6 Å². The maximum absolute atomic E-state index is 10.8. The van der Waals surface area contributed by atoms with Crippen molar-refractivity contribution in [2.75, 3.05) is 0 Å². The van der Waals surface area contributed by atoms with Crippen LogP contribution in [0, 0.1) is 0 Å². The molecule has 14 heavy (non-hydrogen) atoms. The zero-order chi connectivity index (χ0) is 10.9.